The van der Waals surface area contributed by atoms with E-state index >= 15 is 0 Å². The Balaban J connectivity index is 3.60. The van der Waals surface area contributed by atoms with Gasteiger partial charge in [0.1, 0.15) is 19.5 Å². The van der Waals surface area contributed by atoms with Crippen LogP contribution < -0.4 is 0 Å². The van der Waals surface area contributed by atoms with Gasteiger partial charge < -0.3 is 0 Å². The maximum Gasteiger partial charge on any atom is 0.168 e. The highest BCUT2D eigenvalue weighted by Crippen LogP contribution is 2.72. The second-order valence-electron chi connectivity index (χ2n) is 4.72. The van der Waals surface area contributed by atoms with Crippen LogP contribution in [-0.4, -0.2) is 25.5 Å². The number of rotatable bonds is 1. The van der Waals surface area contributed by atoms with Crippen LogP contribution in [0, 0.1) is 0 Å². The highest BCUT2D eigenvalue weighted by molar-refractivity contribution is 9.27. The molecule has 1 rings (SSSR count). The molecule has 0 heterocycles. The molecule has 0 spiro atoms. The summed E-state index contributed by atoms with van der Waals surface area (Å²) in [4.78, 5) is -0.101. The van der Waals surface area contributed by atoms with Gasteiger partial charge in [0.05, 0.1) is 17.8 Å². The van der Waals surface area contributed by atoms with Crippen molar-refractivity contribution in [1.29, 1.82) is 0 Å². The second-order valence-corrected chi connectivity index (χ2v) is 15.5. The minimum absolute atomic E-state index is 0.101. The first kappa shape index (κ1) is 19.8. The van der Waals surface area contributed by atoms with E-state index in [9.17, 15) is 0 Å². The van der Waals surface area contributed by atoms with Crippen LogP contribution in [-0.2, 0) is 3.83 Å². The van der Waals surface area contributed by atoms with Crippen molar-refractivity contribution in [3.63, 3.8) is 0 Å². The fourth-order valence-corrected chi connectivity index (χ4v) is 10.3. The molecule has 108 valence electrons. The topological polar surface area (TPSA) is 9.23 Å². The normalized spacial score (nSPS) is 56.5. The van der Waals surface area contributed by atoms with Gasteiger partial charge in [-0.1, -0.05) is 95.6 Å². The van der Waals surface area contributed by atoms with Crippen LogP contribution >= 0.6 is 128 Å². The van der Waals surface area contributed by atoms with E-state index in [-0.39, 0.29) is 13.5 Å². The predicted octanol–water partition coefficient (Wildman–Crippen LogP) is 7.13. The minimum atomic E-state index is -0.710. The van der Waals surface area contributed by atoms with E-state index in [1.807, 2.05) is 0 Å². The monoisotopic (exact) mass is 765 g/mol. The van der Waals surface area contributed by atoms with Gasteiger partial charge in [-0.05, 0) is 36.7 Å². The third-order valence-electron chi connectivity index (χ3n) is 3.79. The summed E-state index contributed by atoms with van der Waals surface area (Å²) in [5.74, 6) is 0. The van der Waals surface area contributed by atoms with E-state index in [4.69, 9.17) is 3.83 Å². The Labute approximate surface area is 175 Å². The summed E-state index contributed by atoms with van der Waals surface area (Å²) in [5.41, 5.74) is 0. The Hall–Kier alpha value is 3.80. The van der Waals surface area contributed by atoms with Crippen molar-refractivity contribution in [3.8, 4) is 0 Å². The van der Waals surface area contributed by atoms with Crippen molar-refractivity contribution >= 4 is 128 Å². The van der Waals surface area contributed by atoms with Gasteiger partial charge in [0.15, 0.2) is 4.51 Å². The molecule has 0 aromatic rings. The molecule has 0 aromatic heterocycles. The van der Waals surface area contributed by atoms with Gasteiger partial charge in [-0.15, -0.1) is 0 Å². The van der Waals surface area contributed by atoms with E-state index in [1.54, 1.807) is 0 Å². The first-order valence-corrected chi connectivity index (χ1v) is 11.1. The minimum Gasteiger partial charge on any atom is -0.287 e. The summed E-state index contributed by atoms with van der Waals surface area (Å²) in [5, 5.41) is 0. The van der Waals surface area contributed by atoms with Crippen LogP contribution in [0.1, 0.15) is 20.8 Å². The largest absolute Gasteiger partial charge is 0.287 e. The van der Waals surface area contributed by atoms with Gasteiger partial charge in [-0.3, -0.25) is 3.83 Å². The van der Waals surface area contributed by atoms with Gasteiger partial charge in [-0.2, -0.15) is 0 Å². The first-order valence-electron chi connectivity index (χ1n) is 4.79. The third kappa shape index (κ3) is 2.33. The fourth-order valence-electron chi connectivity index (χ4n) is 1.89. The van der Waals surface area contributed by atoms with E-state index in [2.05, 4.69) is 149 Å². The van der Waals surface area contributed by atoms with Crippen LogP contribution in [0.15, 0.2) is 0 Å². The molecule has 0 saturated heterocycles. The van der Waals surface area contributed by atoms with Crippen molar-refractivity contribution < 1.29 is 3.83 Å². The number of alkyl halides is 7. The summed E-state index contributed by atoms with van der Waals surface area (Å²) in [6, 6.07) is 0. The summed E-state index contributed by atoms with van der Waals surface area (Å²) in [6.07, 6.45) is 0. The number of hydrogen-bond donors (Lipinski definition) is 0. The zero-order valence-corrected chi connectivity index (χ0v) is 22.2. The highest BCUT2D eigenvalue weighted by atomic mass is 79.9. The predicted molar refractivity (Wildman–Crippen MR) is 107 cm³/mol. The Morgan fingerprint density at radius 3 is 1.50 bits per heavy atom. The second kappa shape index (κ2) is 5.71. The molecule has 0 amide bonds. The van der Waals surface area contributed by atoms with Crippen molar-refractivity contribution in [2.75, 3.05) is 0 Å². The van der Waals surface area contributed by atoms with Crippen molar-refractivity contribution in [3.05, 3.63) is 0 Å². The smallest absolute Gasteiger partial charge is 0.168 e. The SMILES string of the molecule is CC1(Br)C(Br)(Br)C(Br)C(Br)(OBr)C(C)(Br)C1(C)Br. The zero-order valence-electron chi connectivity index (χ0n) is 9.51. The molecule has 5 atom stereocenters. The molecule has 9 heteroatoms. The molecule has 1 aliphatic rings. The molecule has 0 radical (unpaired) electrons. The lowest BCUT2D eigenvalue weighted by Gasteiger charge is -2.64. The van der Waals surface area contributed by atoms with Crippen LogP contribution in [0.2, 0.25) is 0 Å². The zero-order chi connectivity index (χ0) is 14.8. The Morgan fingerprint density at radius 2 is 1.17 bits per heavy atom. The number of halogens is 8. The molecule has 1 nitrogen and oxygen atoms in total. The molecule has 1 fully saturated rings. The van der Waals surface area contributed by atoms with Crippen molar-refractivity contribution in [2.45, 2.75) is 46.3 Å². The third-order valence-corrected chi connectivity index (χ3v) is 18.9. The van der Waals surface area contributed by atoms with E-state index in [1.165, 1.54) is 0 Å². The van der Waals surface area contributed by atoms with E-state index in [0.717, 1.165) is 0 Å². The average Bonchev–Trinajstić information content (AvgIpc) is 2.24. The van der Waals surface area contributed by atoms with Crippen molar-refractivity contribution in [2.24, 2.45) is 0 Å². The van der Waals surface area contributed by atoms with Crippen LogP contribution in [0.5, 0.6) is 0 Å². The standard InChI is InChI=1S/C9H10Br8O/c1-5(11)6(2,12)8(14,15)4(10)9(16,18-17)7(5,3)13/h4H,1-3H3. The maximum absolute atomic E-state index is 5.60. The highest BCUT2D eigenvalue weighted by Gasteiger charge is 2.77. The average molecular weight is 773 g/mol. The molecule has 1 saturated carbocycles. The first-order chi connectivity index (χ1) is 7.72. The number of hydrogen-bond acceptors (Lipinski definition) is 1. The molecule has 0 bridgehead atoms. The molecular formula is C9H10Br8O. The van der Waals surface area contributed by atoms with Crippen LogP contribution in [0.3, 0.4) is 0 Å². The molecular weight excluding hydrogens is 763 g/mol. The van der Waals surface area contributed by atoms with Crippen LogP contribution in [0.4, 0.5) is 0 Å². The summed E-state index contributed by atoms with van der Waals surface area (Å²) < 4.78 is 3.30. The quantitative estimate of drug-likeness (QED) is 0.258. The summed E-state index contributed by atoms with van der Waals surface area (Å²) in [7, 11) is 0. The maximum atomic E-state index is 5.60. The van der Waals surface area contributed by atoms with Gasteiger partial charge in [0, 0.05) is 0 Å². The molecule has 5 unspecified atom stereocenters. The van der Waals surface area contributed by atoms with Gasteiger partial charge in [0.25, 0.3) is 0 Å². The van der Waals surface area contributed by atoms with Gasteiger partial charge in [-0.25, -0.2) is 0 Å². The van der Waals surface area contributed by atoms with Crippen LogP contribution in [0.25, 0.3) is 0 Å². The van der Waals surface area contributed by atoms with Gasteiger partial charge >= 0.3 is 0 Å². The molecule has 0 aliphatic heterocycles. The van der Waals surface area contributed by atoms with Crippen molar-refractivity contribution in [1.82, 2.24) is 0 Å². The van der Waals surface area contributed by atoms with E-state index < -0.39 is 12.1 Å². The summed E-state index contributed by atoms with van der Waals surface area (Å²) in [6.45, 7) is 6.29. The molecule has 0 N–H and O–H groups in total. The molecule has 18 heavy (non-hydrogen) atoms. The van der Waals surface area contributed by atoms with Gasteiger partial charge in [0.2, 0.25) is 0 Å². The molecule has 1 aliphatic carbocycles. The lowest BCUT2D eigenvalue weighted by atomic mass is 9.72. The Kier molecular flexibility index (Phi) is 6.29. The summed E-state index contributed by atoms with van der Waals surface area (Å²) >= 11 is 29.6. The fraction of sp³-hybridized carbons (Fsp3) is 1.00. The lowest BCUT2D eigenvalue weighted by molar-refractivity contribution is 0.110. The van der Waals surface area contributed by atoms with E-state index in [0.29, 0.717) is 0 Å². The lowest BCUT2D eigenvalue weighted by Crippen LogP contribution is -2.77. The Bertz CT molecular complexity index is 337. The molecule has 0 aromatic carbocycles. The Morgan fingerprint density at radius 1 is 0.778 bits per heavy atom.